The number of methoxy groups -OCH3 is 2. The quantitative estimate of drug-likeness (QED) is 0.623. The van der Waals surface area contributed by atoms with Crippen molar-refractivity contribution < 1.29 is 14.3 Å². The van der Waals surface area contributed by atoms with E-state index in [9.17, 15) is 4.79 Å². The Hall–Kier alpha value is -1.42. The molecule has 15 heavy (non-hydrogen) atoms. The minimum atomic E-state index is -0.513. The minimum Gasteiger partial charge on any atom is -0.495 e. The highest BCUT2D eigenvalue weighted by Gasteiger charge is 2.17. The Morgan fingerprint density at radius 1 is 1.47 bits per heavy atom. The van der Waals surface area contributed by atoms with Crippen molar-refractivity contribution in [2.45, 2.75) is 6.92 Å². The molecular weight excluding hydrogens is 218 g/mol. The van der Waals surface area contributed by atoms with Gasteiger partial charge in [0.05, 0.1) is 30.5 Å². The van der Waals surface area contributed by atoms with Crippen molar-refractivity contribution in [1.29, 1.82) is 0 Å². The standard InChI is InChI=1S/C10H12ClNO3/c1-5-8(11)6(10(13)15-3)4-7(14-2)9(5)12/h4H,12H2,1-3H3. The minimum absolute atomic E-state index is 0.253. The number of nitrogens with two attached hydrogens (primary N) is 1. The van der Waals surface area contributed by atoms with Crippen molar-refractivity contribution in [2.24, 2.45) is 0 Å². The summed E-state index contributed by atoms with van der Waals surface area (Å²) < 4.78 is 9.62. The summed E-state index contributed by atoms with van der Waals surface area (Å²) in [5, 5.41) is 0.292. The average molecular weight is 230 g/mol. The number of ether oxygens (including phenoxy) is 2. The number of anilines is 1. The summed E-state index contributed by atoms with van der Waals surface area (Å²) >= 11 is 5.96. The van der Waals surface area contributed by atoms with Gasteiger partial charge in [-0.05, 0) is 18.6 Å². The van der Waals surface area contributed by atoms with Crippen molar-refractivity contribution in [3.8, 4) is 5.75 Å². The molecule has 0 unspecified atom stereocenters. The number of hydrogen-bond donors (Lipinski definition) is 1. The maximum Gasteiger partial charge on any atom is 0.339 e. The van der Waals surface area contributed by atoms with E-state index in [4.69, 9.17) is 22.1 Å². The van der Waals surface area contributed by atoms with Gasteiger partial charge in [-0.25, -0.2) is 4.79 Å². The summed E-state index contributed by atoms with van der Waals surface area (Å²) in [5.41, 5.74) is 7.03. The first kappa shape index (κ1) is 11.7. The van der Waals surface area contributed by atoms with Gasteiger partial charge in [0, 0.05) is 0 Å². The SMILES string of the molecule is COC(=O)c1cc(OC)c(N)c(C)c1Cl. The molecule has 0 aliphatic carbocycles. The monoisotopic (exact) mass is 229 g/mol. The van der Waals surface area contributed by atoms with E-state index in [1.54, 1.807) is 6.92 Å². The molecule has 0 aromatic heterocycles. The van der Waals surface area contributed by atoms with Gasteiger partial charge in [-0.3, -0.25) is 0 Å². The Morgan fingerprint density at radius 3 is 2.53 bits per heavy atom. The van der Waals surface area contributed by atoms with Crippen LogP contribution in [0.3, 0.4) is 0 Å². The molecule has 0 spiro atoms. The van der Waals surface area contributed by atoms with Gasteiger partial charge in [-0.2, -0.15) is 0 Å². The molecule has 82 valence electrons. The van der Waals surface area contributed by atoms with Gasteiger partial charge in [0.1, 0.15) is 5.75 Å². The third kappa shape index (κ3) is 1.99. The van der Waals surface area contributed by atoms with Crippen LogP contribution in [0.4, 0.5) is 5.69 Å². The van der Waals surface area contributed by atoms with Crippen LogP contribution in [0.15, 0.2) is 6.07 Å². The predicted octanol–water partition coefficient (Wildman–Crippen LogP) is 2.03. The number of halogens is 1. The first-order valence-electron chi connectivity index (χ1n) is 4.23. The van der Waals surface area contributed by atoms with Crippen LogP contribution in [0.1, 0.15) is 15.9 Å². The lowest BCUT2D eigenvalue weighted by Gasteiger charge is -2.12. The fourth-order valence-electron chi connectivity index (χ4n) is 1.20. The molecule has 0 radical (unpaired) electrons. The molecule has 0 fully saturated rings. The van der Waals surface area contributed by atoms with Crippen molar-refractivity contribution in [1.82, 2.24) is 0 Å². The number of carbonyl (C=O) groups is 1. The summed E-state index contributed by atoms with van der Waals surface area (Å²) in [6, 6.07) is 1.47. The lowest BCUT2D eigenvalue weighted by molar-refractivity contribution is 0.0600. The number of carbonyl (C=O) groups excluding carboxylic acids is 1. The zero-order chi connectivity index (χ0) is 11.6. The van der Waals surface area contributed by atoms with E-state index in [2.05, 4.69) is 4.74 Å². The molecule has 0 atom stereocenters. The van der Waals surface area contributed by atoms with Gasteiger partial charge < -0.3 is 15.2 Å². The van der Waals surface area contributed by atoms with Gasteiger partial charge in [0.15, 0.2) is 0 Å². The molecule has 4 nitrogen and oxygen atoms in total. The van der Waals surface area contributed by atoms with E-state index in [0.717, 1.165) is 0 Å². The second-order valence-corrected chi connectivity index (χ2v) is 3.35. The molecule has 0 saturated carbocycles. The highest BCUT2D eigenvalue weighted by molar-refractivity contribution is 6.34. The molecule has 0 aliphatic rings. The molecule has 2 N–H and O–H groups in total. The summed E-state index contributed by atoms with van der Waals surface area (Å²) in [4.78, 5) is 11.4. The van der Waals surface area contributed by atoms with Crippen LogP contribution in [0.25, 0.3) is 0 Å². The van der Waals surface area contributed by atoms with Crippen LogP contribution in [-0.4, -0.2) is 20.2 Å². The smallest absolute Gasteiger partial charge is 0.339 e. The largest absolute Gasteiger partial charge is 0.495 e. The Kier molecular flexibility index (Phi) is 3.42. The van der Waals surface area contributed by atoms with Crippen LogP contribution in [0.2, 0.25) is 5.02 Å². The van der Waals surface area contributed by atoms with Gasteiger partial charge in [0.2, 0.25) is 0 Å². The second kappa shape index (κ2) is 4.40. The Balaban J connectivity index is 3.41. The maximum atomic E-state index is 11.4. The van der Waals surface area contributed by atoms with Crippen LogP contribution in [0, 0.1) is 6.92 Å². The average Bonchev–Trinajstić information content (AvgIpc) is 2.25. The molecule has 0 aliphatic heterocycles. The van der Waals surface area contributed by atoms with Crippen LogP contribution < -0.4 is 10.5 Å². The predicted molar refractivity (Wildman–Crippen MR) is 58.5 cm³/mol. The van der Waals surface area contributed by atoms with E-state index in [-0.39, 0.29) is 5.56 Å². The molecule has 0 bridgehead atoms. The van der Waals surface area contributed by atoms with Crippen molar-refractivity contribution in [2.75, 3.05) is 20.0 Å². The zero-order valence-electron chi connectivity index (χ0n) is 8.76. The van der Waals surface area contributed by atoms with Gasteiger partial charge in [-0.1, -0.05) is 11.6 Å². The summed E-state index contributed by atoms with van der Waals surface area (Å²) in [6.07, 6.45) is 0. The molecular formula is C10H12ClNO3. The lowest BCUT2D eigenvalue weighted by atomic mass is 10.1. The maximum absolute atomic E-state index is 11.4. The normalized spacial score (nSPS) is 9.87. The molecule has 0 heterocycles. The highest BCUT2D eigenvalue weighted by Crippen LogP contribution is 2.34. The van der Waals surface area contributed by atoms with Crippen LogP contribution in [0.5, 0.6) is 5.75 Å². The number of rotatable bonds is 2. The van der Waals surface area contributed by atoms with Crippen molar-refractivity contribution in [3.63, 3.8) is 0 Å². The van der Waals surface area contributed by atoms with E-state index in [1.165, 1.54) is 20.3 Å². The van der Waals surface area contributed by atoms with Crippen LogP contribution >= 0.6 is 11.6 Å². The summed E-state index contributed by atoms with van der Waals surface area (Å²) in [7, 11) is 2.76. The fourth-order valence-corrected chi connectivity index (χ4v) is 1.44. The molecule has 5 heteroatoms. The number of nitrogen functional groups attached to an aromatic ring is 1. The molecule has 1 aromatic rings. The van der Waals surface area contributed by atoms with Crippen molar-refractivity contribution >= 4 is 23.3 Å². The number of benzene rings is 1. The first-order chi connectivity index (χ1) is 7.02. The van der Waals surface area contributed by atoms with Gasteiger partial charge >= 0.3 is 5.97 Å². The summed E-state index contributed by atoms with van der Waals surface area (Å²) in [5.74, 6) is -0.0984. The van der Waals surface area contributed by atoms with Crippen LogP contribution in [-0.2, 0) is 4.74 Å². The zero-order valence-corrected chi connectivity index (χ0v) is 9.51. The highest BCUT2D eigenvalue weighted by atomic mass is 35.5. The molecule has 1 rings (SSSR count). The topological polar surface area (TPSA) is 61.5 Å². The van der Waals surface area contributed by atoms with Gasteiger partial charge in [0.25, 0.3) is 0 Å². The van der Waals surface area contributed by atoms with Gasteiger partial charge in [-0.15, -0.1) is 0 Å². The number of hydrogen-bond acceptors (Lipinski definition) is 4. The Bertz CT molecular complexity index is 404. The first-order valence-corrected chi connectivity index (χ1v) is 4.61. The molecule has 0 amide bonds. The van der Waals surface area contributed by atoms with E-state index in [0.29, 0.717) is 22.0 Å². The van der Waals surface area contributed by atoms with Crippen molar-refractivity contribution in [3.05, 3.63) is 22.2 Å². The fraction of sp³-hybridized carbons (Fsp3) is 0.300. The third-order valence-corrected chi connectivity index (χ3v) is 2.62. The van der Waals surface area contributed by atoms with E-state index < -0.39 is 5.97 Å². The summed E-state index contributed by atoms with van der Waals surface area (Å²) in [6.45, 7) is 1.71. The molecule has 1 aromatic carbocycles. The third-order valence-electron chi connectivity index (χ3n) is 2.14. The Morgan fingerprint density at radius 2 is 2.07 bits per heavy atom. The second-order valence-electron chi connectivity index (χ2n) is 2.97. The van der Waals surface area contributed by atoms with E-state index >= 15 is 0 Å². The lowest BCUT2D eigenvalue weighted by Crippen LogP contribution is -2.06. The number of esters is 1. The Labute approximate surface area is 92.9 Å². The molecule has 0 saturated heterocycles. The van der Waals surface area contributed by atoms with E-state index in [1.807, 2.05) is 0 Å².